The van der Waals surface area contributed by atoms with Crippen LogP contribution in [0, 0.1) is 11.3 Å². The lowest BCUT2D eigenvalue weighted by molar-refractivity contribution is 0.0165. The van der Waals surface area contributed by atoms with Crippen molar-refractivity contribution in [2.45, 2.75) is 39.0 Å². The zero-order valence-electron chi connectivity index (χ0n) is 7.44. The van der Waals surface area contributed by atoms with E-state index in [0.717, 1.165) is 24.5 Å². The highest BCUT2D eigenvalue weighted by molar-refractivity contribution is 4.88. The Labute approximate surface area is 69.1 Å². The third-order valence-corrected chi connectivity index (χ3v) is 3.50. The van der Waals surface area contributed by atoms with Crippen molar-refractivity contribution >= 4 is 0 Å². The van der Waals surface area contributed by atoms with Gasteiger partial charge in [-0.1, -0.05) is 13.3 Å². The zero-order valence-corrected chi connectivity index (χ0v) is 7.44. The summed E-state index contributed by atoms with van der Waals surface area (Å²) in [6.45, 7) is 4.43. The minimum atomic E-state index is 0.720. The summed E-state index contributed by atoms with van der Waals surface area (Å²) in [6.07, 6.45) is 7.06. The Morgan fingerprint density at radius 2 is 1.91 bits per heavy atom. The molecule has 2 aliphatic rings. The lowest BCUT2D eigenvalue weighted by Crippen LogP contribution is -2.26. The molecule has 0 aromatic rings. The van der Waals surface area contributed by atoms with Gasteiger partial charge in [-0.25, -0.2) is 0 Å². The van der Waals surface area contributed by atoms with Crippen LogP contribution in [0.4, 0.5) is 0 Å². The molecule has 0 amide bonds. The number of hydrogen-bond donors (Lipinski definition) is 0. The van der Waals surface area contributed by atoms with E-state index >= 15 is 0 Å². The molecule has 11 heavy (non-hydrogen) atoms. The highest BCUT2D eigenvalue weighted by atomic mass is 16.5. The van der Waals surface area contributed by atoms with E-state index in [4.69, 9.17) is 4.74 Å². The molecule has 1 heterocycles. The normalized spacial score (nSPS) is 36.3. The summed E-state index contributed by atoms with van der Waals surface area (Å²) in [6, 6.07) is 0. The van der Waals surface area contributed by atoms with Gasteiger partial charge in [0, 0.05) is 13.2 Å². The van der Waals surface area contributed by atoms with Crippen molar-refractivity contribution in [3.05, 3.63) is 0 Å². The molecule has 0 radical (unpaired) electrons. The van der Waals surface area contributed by atoms with Gasteiger partial charge in [0.15, 0.2) is 0 Å². The first-order valence-electron chi connectivity index (χ1n) is 4.89. The van der Waals surface area contributed by atoms with Crippen molar-refractivity contribution in [3.8, 4) is 0 Å². The van der Waals surface area contributed by atoms with E-state index in [1.165, 1.54) is 32.1 Å². The predicted molar refractivity (Wildman–Crippen MR) is 45.5 cm³/mol. The molecule has 1 spiro atoms. The lowest BCUT2D eigenvalue weighted by atomic mass is 9.78. The van der Waals surface area contributed by atoms with Crippen LogP contribution < -0.4 is 0 Å². The summed E-state index contributed by atoms with van der Waals surface area (Å²) in [5, 5.41) is 0. The lowest BCUT2D eigenvalue weighted by Gasteiger charge is -2.33. The molecular formula is C10H18O. The first-order valence-corrected chi connectivity index (χ1v) is 4.89. The van der Waals surface area contributed by atoms with Gasteiger partial charge in [-0.15, -0.1) is 0 Å². The summed E-state index contributed by atoms with van der Waals surface area (Å²) >= 11 is 0. The molecular weight excluding hydrogens is 136 g/mol. The molecule has 1 unspecified atom stereocenters. The molecule has 0 bridgehead atoms. The van der Waals surface area contributed by atoms with Crippen LogP contribution in [-0.2, 0) is 4.74 Å². The van der Waals surface area contributed by atoms with Crippen molar-refractivity contribution < 1.29 is 4.74 Å². The Kier molecular flexibility index (Phi) is 1.92. The first kappa shape index (κ1) is 7.60. The van der Waals surface area contributed by atoms with Crippen molar-refractivity contribution in [1.82, 2.24) is 0 Å². The second-order valence-corrected chi connectivity index (χ2v) is 4.46. The maximum absolute atomic E-state index is 5.39. The van der Waals surface area contributed by atoms with E-state index in [0.29, 0.717) is 0 Å². The van der Waals surface area contributed by atoms with Gasteiger partial charge in [-0.2, -0.15) is 0 Å². The fourth-order valence-corrected chi connectivity index (χ4v) is 2.75. The van der Waals surface area contributed by atoms with E-state index in [1.807, 2.05) is 0 Å². The van der Waals surface area contributed by atoms with Gasteiger partial charge in [0.05, 0.1) is 0 Å². The van der Waals surface area contributed by atoms with Gasteiger partial charge in [-0.05, 0) is 37.0 Å². The number of ether oxygens (including phenoxy) is 1. The number of hydrogen-bond acceptors (Lipinski definition) is 1. The standard InChI is InChI=1S/C10H18O/c1-9-2-3-10(8-9)4-6-11-7-5-10/h9H,2-8H2,1H3. The Bertz CT molecular complexity index is 130. The van der Waals surface area contributed by atoms with E-state index in [1.54, 1.807) is 0 Å². The highest BCUT2D eigenvalue weighted by Gasteiger charge is 2.38. The van der Waals surface area contributed by atoms with E-state index in [2.05, 4.69) is 6.92 Å². The van der Waals surface area contributed by atoms with Gasteiger partial charge < -0.3 is 4.74 Å². The Morgan fingerprint density at radius 1 is 1.18 bits per heavy atom. The van der Waals surface area contributed by atoms with Gasteiger partial charge in [-0.3, -0.25) is 0 Å². The molecule has 1 saturated carbocycles. The van der Waals surface area contributed by atoms with Crippen LogP contribution in [0.3, 0.4) is 0 Å². The van der Waals surface area contributed by atoms with Gasteiger partial charge >= 0.3 is 0 Å². The average Bonchev–Trinajstić information content (AvgIpc) is 2.34. The largest absolute Gasteiger partial charge is 0.381 e. The van der Waals surface area contributed by atoms with E-state index < -0.39 is 0 Å². The van der Waals surface area contributed by atoms with Crippen molar-refractivity contribution in [1.29, 1.82) is 0 Å². The third kappa shape index (κ3) is 1.44. The topological polar surface area (TPSA) is 9.23 Å². The minimum absolute atomic E-state index is 0.720. The van der Waals surface area contributed by atoms with Crippen molar-refractivity contribution in [2.24, 2.45) is 11.3 Å². The third-order valence-electron chi connectivity index (χ3n) is 3.50. The van der Waals surface area contributed by atoms with Crippen LogP contribution in [-0.4, -0.2) is 13.2 Å². The molecule has 2 rings (SSSR count). The first-order chi connectivity index (χ1) is 5.31. The molecule has 1 heteroatoms. The summed E-state index contributed by atoms with van der Waals surface area (Å²) < 4.78 is 5.39. The molecule has 1 nitrogen and oxygen atoms in total. The smallest absolute Gasteiger partial charge is 0.0471 e. The highest BCUT2D eigenvalue weighted by Crippen LogP contribution is 2.48. The molecule has 1 atom stereocenters. The van der Waals surface area contributed by atoms with Crippen LogP contribution in [0.25, 0.3) is 0 Å². The summed E-state index contributed by atoms with van der Waals surface area (Å²) in [5.41, 5.74) is 0.720. The second kappa shape index (κ2) is 2.78. The predicted octanol–water partition coefficient (Wildman–Crippen LogP) is 2.60. The molecule has 64 valence electrons. The molecule has 0 aromatic carbocycles. The van der Waals surface area contributed by atoms with Gasteiger partial charge in [0.1, 0.15) is 0 Å². The second-order valence-electron chi connectivity index (χ2n) is 4.46. The van der Waals surface area contributed by atoms with Crippen molar-refractivity contribution in [3.63, 3.8) is 0 Å². The fourth-order valence-electron chi connectivity index (χ4n) is 2.75. The monoisotopic (exact) mass is 154 g/mol. The van der Waals surface area contributed by atoms with Crippen LogP contribution in [0.2, 0.25) is 0 Å². The molecule has 1 saturated heterocycles. The van der Waals surface area contributed by atoms with E-state index in [9.17, 15) is 0 Å². The quantitative estimate of drug-likeness (QED) is 0.521. The minimum Gasteiger partial charge on any atom is -0.381 e. The molecule has 1 aliphatic heterocycles. The maximum atomic E-state index is 5.39. The molecule has 2 fully saturated rings. The fraction of sp³-hybridized carbons (Fsp3) is 1.00. The molecule has 0 N–H and O–H groups in total. The SMILES string of the molecule is CC1CCC2(CCOCC2)C1. The molecule has 1 aliphatic carbocycles. The maximum Gasteiger partial charge on any atom is 0.0471 e. The van der Waals surface area contributed by atoms with E-state index in [-0.39, 0.29) is 0 Å². The van der Waals surface area contributed by atoms with Gasteiger partial charge in [0.25, 0.3) is 0 Å². The number of rotatable bonds is 0. The Balaban J connectivity index is 1.98. The van der Waals surface area contributed by atoms with Crippen LogP contribution >= 0.6 is 0 Å². The Morgan fingerprint density at radius 3 is 2.45 bits per heavy atom. The van der Waals surface area contributed by atoms with Crippen LogP contribution in [0.5, 0.6) is 0 Å². The van der Waals surface area contributed by atoms with Gasteiger partial charge in [0.2, 0.25) is 0 Å². The van der Waals surface area contributed by atoms with Crippen LogP contribution in [0.1, 0.15) is 39.0 Å². The zero-order chi connectivity index (χ0) is 7.73. The van der Waals surface area contributed by atoms with Crippen molar-refractivity contribution in [2.75, 3.05) is 13.2 Å². The Hall–Kier alpha value is -0.0400. The molecule has 0 aromatic heterocycles. The summed E-state index contributed by atoms with van der Waals surface area (Å²) in [5.74, 6) is 0.980. The average molecular weight is 154 g/mol. The van der Waals surface area contributed by atoms with Crippen LogP contribution in [0.15, 0.2) is 0 Å². The summed E-state index contributed by atoms with van der Waals surface area (Å²) in [4.78, 5) is 0. The summed E-state index contributed by atoms with van der Waals surface area (Å²) in [7, 11) is 0.